The van der Waals surface area contributed by atoms with E-state index in [0.29, 0.717) is 36.6 Å². The van der Waals surface area contributed by atoms with E-state index in [0.717, 1.165) is 61.6 Å². The largest absolute Gasteiger partial charge is 0.478 e. The summed E-state index contributed by atoms with van der Waals surface area (Å²) < 4.78 is 27.7. The third-order valence-corrected chi connectivity index (χ3v) is 8.48. The number of carbonyl (C=O) groups is 1. The molecule has 1 N–H and O–H groups in total. The van der Waals surface area contributed by atoms with Crippen molar-refractivity contribution in [3.63, 3.8) is 0 Å². The standard InChI is InChI=1S/C30H31FN6O4/c31-24-13-32-10-8-20(24)18-41-29-3-1-2-27(34-29)35-14-21-5-6-22(15-35)36(21)17-28-33-25-7-4-19(30(38)39)12-26(25)37(28)16-23-9-11-40-23/h1-4,7-8,10,12-13,21-23H,5-6,9,11,14-18H2,(H,38,39)/t21?,22?,23-/m0/s1. The van der Waals surface area contributed by atoms with Gasteiger partial charge < -0.3 is 24.0 Å². The molecule has 3 atom stereocenters. The summed E-state index contributed by atoms with van der Waals surface area (Å²) >= 11 is 0. The number of rotatable bonds is 9. The lowest BCUT2D eigenvalue weighted by atomic mass is 10.1. The molecule has 3 aliphatic heterocycles. The third-order valence-electron chi connectivity index (χ3n) is 8.48. The maximum absolute atomic E-state index is 14.0. The van der Waals surface area contributed by atoms with Gasteiger partial charge in [0, 0.05) is 49.6 Å². The normalized spacial score (nSPS) is 22.2. The fraction of sp³-hybridized carbons (Fsp3) is 0.400. The number of carboxylic acid groups (broad SMARTS) is 1. The lowest BCUT2D eigenvalue weighted by molar-refractivity contribution is -0.0592. The van der Waals surface area contributed by atoms with Gasteiger partial charge in [-0.1, -0.05) is 6.07 Å². The average Bonchev–Trinajstić information content (AvgIpc) is 3.40. The minimum absolute atomic E-state index is 0.0880. The van der Waals surface area contributed by atoms with E-state index in [-0.39, 0.29) is 18.3 Å². The second-order valence-electron chi connectivity index (χ2n) is 11.0. The van der Waals surface area contributed by atoms with Crippen molar-refractivity contribution in [2.24, 2.45) is 0 Å². The molecule has 11 heteroatoms. The quantitative estimate of drug-likeness (QED) is 0.328. The summed E-state index contributed by atoms with van der Waals surface area (Å²) in [5, 5.41) is 9.55. The number of piperazine rings is 1. The predicted octanol–water partition coefficient (Wildman–Crippen LogP) is 3.88. The zero-order valence-electron chi connectivity index (χ0n) is 22.5. The Morgan fingerprint density at radius 3 is 2.66 bits per heavy atom. The molecule has 7 rings (SSSR count). The molecule has 0 saturated carbocycles. The van der Waals surface area contributed by atoms with Gasteiger partial charge in [-0.25, -0.2) is 14.2 Å². The van der Waals surface area contributed by atoms with E-state index in [4.69, 9.17) is 19.4 Å². The Balaban J connectivity index is 1.08. The van der Waals surface area contributed by atoms with Gasteiger partial charge >= 0.3 is 5.97 Å². The van der Waals surface area contributed by atoms with E-state index in [1.807, 2.05) is 12.1 Å². The number of anilines is 1. The third kappa shape index (κ3) is 5.11. The summed E-state index contributed by atoms with van der Waals surface area (Å²) in [5.74, 6) is 0.918. The molecule has 2 unspecified atom stereocenters. The van der Waals surface area contributed by atoms with Crippen LogP contribution in [0.25, 0.3) is 11.0 Å². The molecule has 3 aromatic heterocycles. The highest BCUT2D eigenvalue weighted by atomic mass is 19.1. The van der Waals surface area contributed by atoms with E-state index in [1.54, 1.807) is 36.5 Å². The number of hydrogen-bond acceptors (Lipinski definition) is 8. The van der Waals surface area contributed by atoms with E-state index in [1.165, 1.54) is 6.20 Å². The van der Waals surface area contributed by atoms with Crippen LogP contribution in [0.1, 0.15) is 41.0 Å². The first-order valence-corrected chi connectivity index (χ1v) is 14.0. The van der Waals surface area contributed by atoms with Crippen molar-refractivity contribution in [1.82, 2.24) is 24.4 Å². The fourth-order valence-electron chi connectivity index (χ4n) is 6.19. The second kappa shape index (κ2) is 10.7. The Morgan fingerprint density at radius 1 is 1.10 bits per heavy atom. The Morgan fingerprint density at radius 2 is 1.93 bits per heavy atom. The number of benzene rings is 1. The highest BCUT2D eigenvalue weighted by Crippen LogP contribution is 2.34. The van der Waals surface area contributed by atoms with Crippen molar-refractivity contribution in [2.45, 2.75) is 57.1 Å². The smallest absolute Gasteiger partial charge is 0.335 e. The zero-order valence-corrected chi connectivity index (χ0v) is 22.5. The van der Waals surface area contributed by atoms with Crippen molar-refractivity contribution in [2.75, 3.05) is 24.6 Å². The first-order chi connectivity index (χ1) is 20.0. The first kappa shape index (κ1) is 25.8. The number of aromatic nitrogens is 4. The summed E-state index contributed by atoms with van der Waals surface area (Å²) in [6.07, 6.45) is 6.03. The van der Waals surface area contributed by atoms with Crippen LogP contribution in [0.3, 0.4) is 0 Å². The van der Waals surface area contributed by atoms with E-state index < -0.39 is 11.8 Å². The number of hydrogen-bond donors (Lipinski definition) is 1. The number of imidazole rings is 1. The van der Waals surface area contributed by atoms with Crippen LogP contribution in [0.2, 0.25) is 0 Å². The number of fused-ring (bicyclic) bond motifs is 3. The van der Waals surface area contributed by atoms with Crippen LogP contribution in [-0.2, 0) is 24.4 Å². The minimum atomic E-state index is -0.942. The second-order valence-corrected chi connectivity index (χ2v) is 11.0. The molecule has 3 saturated heterocycles. The number of carboxylic acids is 1. The molecule has 4 aromatic rings. The summed E-state index contributed by atoms with van der Waals surface area (Å²) in [6.45, 7) is 3.89. The number of aromatic carboxylic acids is 1. The highest BCUT2D eigenvalue weighted by Gasteiger charge is 2.41. The van der Waals surface area contributed by atoms with Crippen LogP contribution >= 0.6 is 0 Å². The Labute approximate surface area is 236 Å². The molecule has 0 amide bonds. The van der Waals surface area contributed by atoms with Gasteiger partial charge in [-0.05, 0) is 49.6 Å². The number of halogens is 1. The Kier molecular flexibility index (Phi) is 6.76. The first-order valence-electron chi connectivity index (χ1n) is 14.0. The molecule has 10 nitrogen and oxygen atoms in total. The van der Waals surface area contributed by atoms with Crippen molar-refractivity contribution >= 4 is 22.8 Å². The van der Waals surface area contributed by atoms with E-state index >= 15 is 0 Å². The predicted molar refractivity (Wildman–Crippen MR) is 148 cm³/mol. The number of nitrogens with zero attached hydrogens (tertiary/aromatic N) is 6. The Hall–Kier alpha value is -4.09. The van der Waals surface area contributed by atoms with Crippen LogP contribution < -0.4 is 9.64 Å². The average molecular weight is 559 g/mol. The lowest BCUT2D eigenvalue weighted by Gasteiger charge is -2.41. The monoisotopic (exact) mass is 558 g/mol. The van der Waals surface area contributed by atoms with Gasteiger partial charge in [0.1, 0.15) is 24.1 Å². The van der Waals surface area contributed by atoms with Gasteiger partial charge in [0.25, 0.3) is 0 Å². The molecule has 6 heterocycles. The van der Waals surface area contributed by atoms with Crippen molar-refractivity contribution < 1.29 is 23.8 Å². The molecule has 0 radical (unpaired) electrons. The maximum Gasteiger partial charge on any atom is 0.335 e. The molecular weight excluding hydrogens is 527 g/mol. The van der Waals surface area contributed by atoms with Crippen molar-refractivity contribution in [3.05, 3.63) is 77.6 Å². The van der Waals surface area contributed by atoms with Crippen molar-refractivity contribution in [3.8, 4) is 5.88 Å². The van der Waals surface area contributed by atoms with Gasteiger partial charge in [-0.3, -0.25) is 9.88 Å². The van der Waals surface area contributed by atoms with E-state index in [2.05, 4.69) is 19.4 Å². The highest BCUT2D eigenvalue weighted by molar-refractivity contribution is 5.92. The molecule has 2 bridgehead atoms. The fourth-order valence-corrected chi connectivity index (χ4v) is 6.19. The molecule has 0 spiro atoms. The van der Waals surface area contributed by atoms with Gasteiger partial charge in [-0.2, -0.15) is 4.98 Å². The summed E-state index contributed by atoms with van der Waals surface area (Å²) in [5.41, 5.74) is 2.35. The summed E-state index contributed by atoms with van der Waals surface area (Å²) in [6, 6.07) is 13.1. The van der Waals surface area contributed by atoms with Crippen LogP contribution in [0.15, 0.2) is 54.9 Å². The van der Waals surface area contributed by atoms with Gasteiger partial charge in [0.15, 0.2) is 0 Å². The molecule has 212 valence electrons. The lowest BCUT2D eigenvalue weighted by Crippen LogP contribution is -2.53. The number of ether oxygens (including phenoxy) is 2. The van der Waals surface area contributed by atoms with Gasteiger partial charge in [0.2, 0.25) is 5.88 Å². The van der Waals surface area contributed by atoms with Gasteiger partial charge in [-0.15, -0.1) is 0 Å². The molecule has 3 fully saturated rings. The van der Waals surface area contributed by atoms with Gasteiger partial charge in [0.05, 0.1) is 42.0 Å². The molecular formula is C30H31FN6O4. The van der Waals surface area contributed by atoms with Crippen molar-refractivity contribution in [1.29, 1.82) is 0 Å². The van der Waals surface area contributed by atoms with Crippen LogP contribution in [0.5, 0.6) is 5.88 Å². The molecule has 3 aliphatic rings. The molecule has 1 aromatic carbocycles. The van der Waals surface area contributed by atoms with Crippen LogP contribution in [-0.4, -0.2) is 73.4 Å². The van der Waals surface area contributed by atoms with Crippen LogP contribution in [0, 0.1) is 5.82 Å². The van der Waals surface area contributed by atoms with Crippen LogP contribution in [0.4, 0.5) is 10.2 Å². The Bertz CT molecular complexity index is 1580. The van der Waals surface area contributed by atoms with E-state index in [9.17, 15) is 14.3 Å². The SMILES string of the molecule is O=C(O)c1ccc2nc(CN3C4CCC3CN(c3cccc(OCc5ccncc5F)n3)C4)n(C[C@@H]3CCO3)c2c1. The maximum atomic E-state index is 14.0. The number of pyridine rings is 2. The summed E-state index contributed by atoms with van der Waals surface area (Å²) in [4.78, 5) is 30.0. The zero-order chi connectivity index (χ0) is 27.9. The topological polar surface area (TPSA) is 106 Å². The minimum Gasteiger partial charge on any atom is -0.478 e. The summed E-state index contributed by atoms with van der Waals surface area (Å²) in [7, 11) is 0. The molecule has 41 heavy (non-hydrogen) atoms. The molecule has 0 aliphatic carbocycles.